The minimum atomic E-state index is -2.36. The number of pyridine rings is 1. The predicted octanol–water partition coefficient (Wildman–Crippen LogP) is 2.46. The van der Waals surface area contributed by atoms with Crippen LogP contribution in [0.2, 0.25) is 0 Å². The molecule has 13 heavy (non-hydrogen) atoms. The van der Waals surface area contributed by atoms with Crippen molar-refractivity contribution in [3.8, 4) is 0 Å². The Hall–Kier alpha value is -1.19. The molecule has 1 heterocycles. The fraction of sp³-hybridized carbons (Fsp3) is 0.444. The van der Waals surface area contributed by atoms with E-state index in [9.17, 15) is 8.78 Å². The molecule has 1 aromatic rings. The zero-order valence-corrected chi connectivity index (χ0v) is 7.59. The van der Waals surface area contributed by atoms with Crippen molar-refractivity contribution >= 4 is 5.69 Å². The number of hydrogen-bond donors (Lipinski definition) is 1. The summed E-state index contributed by atoms with van der Waals surface area (Å²) < 4.78 is 24.3. The van der Waals surface area contributed by atoms with E-state index in [-0.39, 0.29) is 0 Å². The molecule has 1 unspecified atom stereocenters. The number of halogens is 2. The molecule has 1 N–H and O–H groups in total. The van der Waals surface area contributed by atoms with Gasteiger partial charge >= 0.3 is 0 Å². The first-order valence-electron chi connectivity index (χ1n) is 4.06. The fourth-order valence-electron chi connectivity index (χ4n) is 0.923. The van der Waals surface area contributed by atoms with Gasteiger partial charge in [-0.1, -0.05) is 0 Å². The number of alkyl halides is 2. The molecule has 1 aromatic heterocycles. The van der Waals surface area contributed by atoms with E-state index < -0.39 is 12.5 Å². The molecule has 0 fully saturated rings. The van der Waals surface area contributed by atoms with Crippen LogP contribution in [0.5, 0.6) is 0 Å². The van der Waals surface area contributed by atoms with Gasteiger partial charge in [-0.15, -0.1) is 0 Å². The quantitative estimate of drug-likeness (QED) is 0.784. The van der Waals surface area contributed by atoms with Crippen LogP contribution in [0.3, 0.4) is 0 Å². The minimum Gasteiger partial charge on any atom is -0.375 e. The lowest BCUT2D eigenvalue weighted by Crippen LogP contribution is -2.24. The van der Waals surface area contributed by atoms with Crippen molar-refractivity contribution in [3.05, 3.63) is 24.0 Å². The molecular formula is C9H12F2N2. The second-order valence-electron chi connectivity index (χ2n) is 2.96. The average Bonchev–Trinajstić information content (AvgIpc) is 2.08. The Morgan fingerprint density at radius 2 is 2.15 bits per heavy atom. The van der Waals surface area contributed by atoms with Crippen molar-refractivity contribution in [3.63, 3.8) is 0 Å². The maximum Gasteiger partial charge on any atom is 0.258 e. The highest BCUT2D eigenvalue weighted by atomic mass is 19.3. The summed E-state index contributed by atoms with van der Waals surface area (Å²) in [4.78, 5) is 3.85. The van der Waals surface area contributed by atoms with Gasteiger partial charge in [0.05, 0.1) is 17.9 Å². The van der Waals surface area contributed by atoms with E-state index in [0.717, 1.165) is 5.56 Å². The third-order valence-electron chi connectivity index (χ3n) is 1.80. The number of aromatic nitrogens is 1. The van der Waals surface area contributed by atoms with E-state index in [2.05, 4.69) is 10.3 Å². The average molecular weight is 186 g/mol. The Morgan fingerprint density at radius 1 is 1.46 bits per heavy atom. The highest BCUT2D eigenvalue weighted by Crippen LogP contribution is 2.14. The molecular weight excluding hydrogens is 174 g/mol. The van der Waals surface area contributed by atoms with Crippen molar-refractivity contribution < 1.29 is 8.78 Å². The molecule has 0 spiro atoms. The molecule has 0 bridgehead atoms. The van der Waals surface area contributed by atoms with Gasteiger partial charge < -0.3 is 5.32 Å². The Morgan fingerprint density at radius 3 is 2.69 bits per heavy atom. The third-order valence-corrected chi connectivity index (χ3v) is 1.80. The van der Waals surface area contributed by atoms with Crippen LogP contribution in [-0.2, 0) is 0 Å². The highest BCUT2D eigenvalue weighted by Gasteiger charge is 2.14. The predicted molar refractivity (Wildman–Crippen MR) is 48.1 cm³/mol. The second kappa shape index (κ2) is 4.16. The molecule has 72 valence electrons. The van der Waals surface area contributed by atoms with Crippen molar-refractivity contribution in [2.75, 3.05) is 5.32 Å². The van der Waals surface area contributed by atoms with E-state index in [1.165, 1.54) is 6.92 Å². The number of rotatable bonds is 3. The summed E-state index contributed by atoms with van der Waals surface area (Å²) in [5.41, 5.74) is 1.58. The van der Waals surface area contributed by atoms with Gasteiger partial charge in [-0.25, -0.2) is 8.78 Å². The van der Waals surface area contributed by atoms with Crippen LogP contribution in [0.4, 0.5) is 14.5 Å². The number of nitrogens with zero attached hydrogens (tertiary/aromatic N) is 1. The molecule has 4 heteroatoms. The van der Waals surface area contributed by atoms with Crippen LogP contribution in [0.1, 0.15) is 12.5 Å². The number of aryl methyl sites for hydroxylation is 1. The summed E-state index contributed by atoms with van der Waals surface area (Å²) in [6.45, 7) is 3.29. The van der Waals surface area contributed by atoms with Crippen molar-refractivity contribution in [1.82, 2.24) is 4.98 Å². The van der Waals surface area contributed by atoms with Gasteiger partial charge in [-0.2, -0.15) is 0 Å². The Bertz CT molecular complexity index is 276. The fourth-order valence-corrected chi connectivity index (χ4v) is 0.923. The van der Waals surface area contributed by atoms with Gasteiger partial charge in [-0.3, -0.25) is 4.98 Å². The molecule has 0 aromatic carbocycles. The summed E-state index contributed by atoms with van der Waals surface area (Å²) in [5.74, 6) is 0. The zero-order chi connectivity index (χ0) is 9.84. The summed E-state index contributed by atoms with van der Waals surface area (Å²) in [5, 5.41) is 2.70. The SMILES string of the molecule is Cc1ccncc1NC(C)C(F)F. The van der Waals surface area contributed by atoms with Gasteiger partial charge in [-0.05, 0) is 25.5 Å². The van der Waals surface area contributed by atoms with Gasteiger partial charge in [0, 0.05) is 6.20 Å². The number of nitrogens with one attached hydrogen (secondary N) is 1. The molecule has 0 aliphatic heterocycles. The first kappa shape index (κ1) is 9.89. The van der Waals surface area contributed by atoms with Gasteiger partial charge in [0.15, 0.2) is 0 Å². The largest absolute Gasteiger partial charge is 0.375 e. The van der Waals surface area contributed by atoms with Crippen LogP contribution in [0.15, 0.2) is 18.5 Å². The van der Waals surface area contributed by atoms with Crippen molar-refractivity contribution in [1.29, 1.82) is 0 Å². The molecule has 0 saturated carbocycles. The Balaban J connectivity index is 2.69. The maximum absolute atomic E-state index is 12.2. The van der Waals surface area contributed by atoms with Crippen LogP contribution >= 0.6 is 0 Å². The standard InChI is InChI=1S/C9H12F2N2/c1-6-3-4-12-5-8(6)13-7(2)9(10)11/h3-5,7,9,13H,1-2H3. The van der Waals surface area contributed by atoms with Crippen LogP contribution in [-0.4, -0.2) is 17.5 Å². The van der Waals surface area contributed by atoms with Crippen LogP contribution in [0.25, 0.3) is 0 Å². The smallest absolute Gasteiger partial charge is 0.258 e. The first-order valence-corrected chi connectivity index (χ1v) is 4.06. The van der Waals surface area contributed by atoms with Crippen molar-refractivity contribution in [2.24, 2.45) is 0 Å². The molecule has 0 saturated heterocycles. The summed E-state index contributed by atoms with van der Waals surface area (Å²) in [7, 11) is 0. The Labute approximate surface area is 76.0 Å². The monoisotopic (exact) mass is 186 g/mol. The second-order valence-corrected chi connectivity index (χ2v) is 2.96. The summed E-state index contributed by atoms with van der Waals surface area (Å²) >= 11 is 0. The number of hydrogen-bond acceptors (Lipinski definition) is 2. The lowest BCUT2D eigenvalue weighted by molar-refractivity contribution is 0.130. The van der Waals surface area contributed by atoms with Gasteiger partial charge in [0.25, 0.3) is 6.43 Å². The first-order chi connectivity index (χ1) is 6.11. The molecule has 2 nitrogen and oxygen atoms in total. The van der Waals surface area contributed by atoms with E-state index in [1.54, 1.807) is 18.5 Å². The van der Waals surface area contributed by atoms with Crippen LogP contribution < -0.4 is 5.32 Å². The lowest BCUT2D eigenvalue weighted by Gasteiger charge is -2.15. The molecule has 0 aliphatic carbocycles. The molecule has 0 aliphatic rings. The number of anilines is 1. The molecule has 1 atom stereocenters. The highest BCUT2D eigenvalue weighted by molar-refractivity contribution is 5.48. The zero-order valence-electron chi connectivity index (χ0n) is 7.59. The third kappa shape index (κ3) is 2.65. The van der Waals surface area contributed by atoms with Crippen LogP contribution in [0, 0.1) is 6.92 Å². The van der Waals surface area contributed by atoms with E-state index in [4.69, 9.17) is 0 Å². The molecule has 0 amide bonds. The topological polar surface area (TPSA) is 24.9 Å². The Kier molecular flexibility index (Phi) is 3.17. The summed E-state index contributed by atoms with van der Waals surface area (Å²) in [6.07, 6.45) is 0.821. The van der Waals surface area contributed by atoms with Gasteiger partial charge in [0.2, 0.25) is 0 Å². The summed E-state index contributed by atoms with van der Waals surface area (Å²) in [6, 6.07) is 0.934. The normalized spacial score (nSPS) is 13.0. The molecule has 1 rings (SSSR count). The van der Waals surface area contributed by atoms with Gasteiger partial charge in [0.1, 0.15) is 0 Å². The minimum absolute atomic E-state index is 0.662. The maximum atomic E-state index is 12.2. The van der Waals surface area contributed by atoms with E-state index >= 15 is 0 Å². The van der Waals surface area contributed by atoms with Crippen molar-refractivity contribution in [2.45, 2.75) is 26.3 Å². The van der Waals surface area contributed by atoms with E-state index in [0.29, 0.717) is 5.69 Å². The van der Waals surface area contributed by atoms with E-state index in [1.807, 2.05) is 6.92 Å². The lowest BCUT2D eigenvalue weighted by atomic mass is 10.2. The molecule has 0 radical (unpaired) electrons.